The molecule has 13 heavy (non-hydrogen) atoms. The molecule has 0 aliphatic heterocycles. The van der Waals surface area contributed by atoms with E-state index in [-0.39, 0.29) is 17.9 Å². The Morgan fingerprint density at radius 1 is 1.31 bits per heavy atom. The van der Waals surface area contributed by atoms with Gasteiger partial charge in [-0.05, 0) is 19.1 Å². The van der Waals surface area contributed by atoms with Gasteiger partial charge in [-0.1, -0.05) is 0 Å². The third-order valence-corrected chi connectivity index (χ3v) is 1.60. The molecule has 0 atom stereocenters. The molecule has 2 nitrogen and oxygen atoms in total. The highest BCUT2D eigenvalue weighted by Gasteiger charge is 2.12. The largest absolute Gasteiger partial charge is 0.491 e. The Morgan fingerprint density at radius 2 is 2.00 bits per heavy atom. The lowest BCUT2D eigenvalue weighted by atomic mass is 10.2. The number of aliphatic hydroxyl groups is 1. The standard InChI is InChI=1S/C9H10F2O2/c1-2-13-7-4-3-6(5-12)8(10)9(7)11/h3-4,12H,2,5H2,1H3. The van der Waals surface area contributed by atoms with Gasteiger partial charge < -0.3 is 9.84 Å². The third-order valence-electron chi connectivity index (χ3n) is 1.60. The summed E-state index contributed by atoms with van der Waals surface area (Å²) in [4.78, 5) is 0. The highest BCUT2D eigenvalue weighted by atomic mass is 19.2. The summed E-state index contributed by atoms with van der Waals surface area (Å²) in [5.74, 6) is -2.22. The molecule has 0 aliphatic rings. The van der Waals surface area contributed by atoms with Crippen molar-refractivity contribution >= 4 is 0 Å². The monoisotopic (exact) mass is 188 g/mol. The van der Waals surface area contributed by atoms with E-state index in [1.54, 1.807) is 6.92 Å². The van der Waals surface area contributed by atoms with E-state index < -0.39 is 18.2 Å². The van der Waals surface area contributed by atoms with Crippen LogP contribution < -0.4 is 4.74 Å². The zero-order chi connectivity index (χ0) is 9.84. The van der Waals surface area contributed by atoms with Crippen molar-refractivity contribution in [1.82, 2.24) is 0 Å². The topological polar surface area (TPSA) is 29.5 Å². The van der Waals surface area contributed by atoms with Crippen molar-refractivity contribution in [3.05, 3.63) is 29.3 Å². The van der Waals surface area contributed by atoms with E-state index in [0.29, 0.717) is 0 Å². The van der Waals surface area contributed by atoms with Gasteiger partial charge in [-0.3, -0.25) is 0 Å². The lowest BCUT2D eigenvalue weighted by molar-refractivity contribution is 0.269. The van der Waals surface area contributed by atoms with Gasteiger partial charge in [0.15, 0.2) is 11.6 Å². The normalized spacial score (nSPS) is 10.2. The van der Waals surface area contributed by atoms with E-state index >= 15 is 0 Å². The number of benzene rings is 1. The van der Waals surface area contributed by atoms with Crippen molar-refractivity contribution < 1.29 is 18.6 Å². The van der Waals surface area contributed by atoms with Crippen LogP contribution in [-0.4, -0.2) is 11.7 Å². The fourth-order valence-corrected chi connectivity index (χ4v) is 0.961. The zero-order valence-electron chi connectivity index (χ0n) is 7.18. The van der Waals surface area contributed by atoms with Crippen molar-refractivity contribution in [2.45, 2.75) is 13.5 Å². The molecule has 0 aliphatic carbocycles. The summed E-state index contributed by atoms with van der Waals surface area (Å²) < 4.78 is 30.8. The first-order valence-corrected chi connectivity index (χ1v) is 3.91. The van der Waals surface area contributed by atoms with E-state index in [1.165, 1.54) is 12.1 Å². The first kappa shape index (κ1) is 9.92. The second-order valence-corrected chi connectivity index (χ2v) is 2.44. The maximum absolute atomic E-state index is 13.0. The molecule has 0 saturated heterocycles. The minimum Gasteiger partial charge on any atom is -0.491 e. The minimum absolute atomic E-state index is 0.0686. The van der Waals surface area contributed by atoms with Crippen LogP contribution >= 0.6 is 0 Å². The zero-order valence-corrected chi connectivity index (χ0v) is 7.18. The average molecular weight is 188 g/mol. The Kier molecular flexibility index (Phi) is 3.19. The minimum atomic E-state index is -1.05. The van der Waals surface area contributed by atoms with Gasteiger partial charge in [0.25, 0.3) is 0 Å². The highest BCUT2D eigenvalue weighted by Crippen LogP contribution is 2.22. The molecule has 0 spiro atoms. The van der Waals surface area contributed by atoms with Crippen LogP contribution in [0.2, 0.25) is 0 Å². The van der Waals surface area contributed by atoms with Crippen molar-refractivity contribution in [2.75, 3.05) is 6.61 Å². The van der Waals surface area contributed by atoms with Gasteiger partial charge in [-0.15, -0.1) is 0 Å². The van der Waals surface area contributed by atoms with Gasteiger partial charge in [0.05, 0.1) is 13.2 Å². The summed E-state index contributed by atoms with van der Waals surface area (Å²) in [6.07, 6.45) is 0. The highest BCUT2D eigenvalue weighted by molar-refractivity contribution is 5.30. The Hall–Kier alpha value is -1.16. The molecule has 72 valence electrons. The summed E-state index contributed by atoms with van der Waals surface area (Å²) >= 11 is 0. The van der Waals surface area contributed by atoms with E-state index in [4.69, 9.17) is 9.84 Å². The number of hydrogen-bond acceptors (Lipinski definition) is 2. The molecule has 1 rings (SSSR count). The molecule has 1 N–H and O–H groups in total. The maximum Gasteiger partial charge on any atom is 0.200 e. The Morgan fingerprint density at radius 3 is 2.54 bits per heavy atom. The van der Waals surface area contributed by atoms with Crippen LogP contribution in [-0.2, 0) is 6.61 Å². The van der Waals surface area contributed by atoms with Gasteiger partial charge in [-0.2, -0.15) is 4.39 Å². The number of aliphatic hydroxyl groups excluding tert-OH is 1. The molecule has 4 heteroatoms. The average Bonchev–Trinajstić information content (AvgIpc) is 2.14. The first-order valence-electron chi connectivity index (χ1n) is 3.91. The van der Waals surface area contributed by atoms with Gasteiger partial charge in [-0.25, -0.2) is 4.39 Å². The van der Waals surface area contributed by atoms with Crippen LogP contribution in [0.1, 0.15) is 12.5 Å². The fraction of sp³-hybridized carbons (Fsp3) is 0.333. The molecule has 0 bridgehead atoms. The van der Waals surface area contributed by atoms with E-state index in [1.807, 2.05) is 0 Å². The van der Waals surface area contributed by atoms with Gasteiger partial charge in [0.1, 0.15) is 0 Å². The summed E-state index contributed by atoms with van der Waals surface area (Å²) in [5.41, 5.74) is -0.0686. The molecule has 0 radical (unpaired) electrons. The molecule has 0 amide bonds. The van der Waals surface area contributed by atoms with Crippen molar-refractivity contribution in [2.24, 2.45) is 0 Å². The summed E-state index contributed by atoms with van der Waals surface area (Å²) in [6, 6.07) is 2.59. The van der Waals surface area contributed by atoms with Crippen LogP contribution in [0.15, 0.2) is 12.1 Å². The number of rotatable bonds is 3. The molecule has 0 saturated carbocycles. The Bertz CT molecular complexity index is 300. The van der Waals surface area contributed by atoms with Crippen LogP contribution in [0.25, 0.3) is 0 Å². The molecular weight excluding hydrogens is 178 g/mol. The number of halogens is 2. The Balaban J connectivity index is 3.07. The van der Waals surface area contributed by atoms with Crippen LogP contribution in [0.4, 0.5) is 8.78 Å². The quantitative estimate of drug-likeness (QED) is 0.784. The SMILES string of the molecule is CCOc1ccc(CO)c(F)c1F. The van der Waals surface area contributed by atoms with Crippen molar-refractivity contribution in [3.8, 4) is 5.75 Å². The molecular formula is C9H10F2O2. The smallest absolute Gasteiger partial charge is 0.200 e. The summed E-state index contributed by atoms with van der Waals surface area (Å²) in [7, 11) is 0. The predicted molar refractivity (Wildman–Crippen MR) is 43.4 cm³/mol. The maximum atomic E-state index is 13.0. The second kappa shape index (κ2) is 4.18. The van der Waals surface area contributed by atoms with E-state index in [2.05, 4.69) is 0 Å². The van der Waals surface area contributed by atoms with Gasteiger partial charge >= 0.3 is 0 Å². The van der Waals surface area contributed by atoms with Crippen LogP contribution in [0, 0.1) is 11.6 Å². The number of ether oxygens (including phenoxy) is 1. The van der Waals surface area contributed by atoms with Crippen LogP contribution in [0.5, 0.6) is 5.75 Å². The molecule has 0 heterocycles. The predicted octanol–water partition coefficient (Wildman–Crippen LogP) is 1.86. The Labute approximate surface area is 74.8 Å². The number of hydrogen-bond donors (Lipinski definition) is 1. The third kappa shape index (κ3) is 1.95. The lowest BCUT2D eigenvalue weighted by Crippen LogP contribution is -2.00. The molecule has 0 aromatic heterocycles. The lowest BCUT2D eigenvalue weighted by Gasteiger charge is -2.06. The molecule has 1 aromatic rings. The van der Waals surface area contributed by atoms with Crippen LogP contribution in [0.3, 0.4) is 0 Å². The van der Waals surface area contributed by atoms with Crippen molar-refractivity contribution in [1.29, 1.82) is 0 Å². The van der Waals surface area contributed by atoms with Gasteiger partial charge in [0.2, 0.25) is 5.82 Å². The fourth-order valence-electron chi connectivity index (χ4n) is 0.961. The summed E-state index contributed by atoms with van der Waals surface area (Å²) in [5, 5.41) is 8.62. The molecule has 0 unspecified atom stereocenters. The molecule has 1 aromatic carbocycles. The van der Waals surface area contributed by atoms with Gasteiger partial charge in [0, 0.05) is 5.56 Å². The molecule has 0 fully saturated rings. The van der Waals surface area contributed by atoms with Crippen molar-refractivity contribution in [3.63, 3.8) is 0 Å². The second-order valence-electron chi connectivity index (χ2n) is 2.44. The van der Waals surface area contributed by atoms with E-state index in [0.717, 1.165) is 0 Å². The first-order chi connectivity index (χ1) is 6.20. The van der Waals surface area contributed by atoms with E-state index in [9.17, 15) is 8.78 Å². The summed E-state index contributed by atoms with van der Waals surface area (Å²) in [6.45, 7) is 1.43.